The fourth-order valence-corrected chi connectivity index (χ4v) is 2.08. The molecular formula is C16H24N2O3. The van der Waals surface area contributed by atoms with Gasteiger partial charge in [0.05, 0.1) is 7.11 Å². The zero-order valence-electron chi connectivity index (χ0n) is 12.9. The maximum absolute atomic E-state index is 12.0. The number of carbonyl (C=O) groups is 1. The lowest BCUT2D eigenvalue weighted by molar-refractivity contribution is -0.127. The van der Waals surface area contributed by atoms with Gasteiger partial charge < -0.3 is 20.5 Å². The van der Waals surface area contributed by atoms with Crippen LogP contribution in [-0.2, 0) is 11.2 Å². The van der Waals surface area contributed by atoms with Crippen LogP contribution in [0.5, 0.6) is 11.5 Å². The molecule has 116 valence electrons. The van der Waals surface area contributed by atoms with Crippen LogP contribution < -0.4 is 20.5 Å². The average molecular weight is 292 g/mol. The van der Waals surface area contributed by atoms with Crippen molar-refractivity contribution in [3.63, 3.8) is 0 Å². The minimum Gasteiger partial charge on any atom is -0.497 e. The van der Waals surface area contributed by atoms with Crippen molar-refractivity contribution in [3.05, 3.63) is 23.8 Å². The number of hydrogen-bond acceptors (Lipinski definition) is 4. The first-order valence-electron chi connectivity index (χ1n) is 7.39. The Morgan fingerprint density at radius 3 is 2.71 bits per heavy atom. The van der Waals surface area contributed by atoms with E-state index in [0.717, 1.165) is 18.4 Å². The van der Waals surface area contributed by atoms with Crippen LogP contribution in [0.3, 0.4) is 0 Å². The first-order valence-corrected chi connectivity index (χ1v) is 7.39. The molecule has 1 aliphatic rings. The molecule has 2 unspecified atom stereocenters. The number of nitrogens with one attached hydrogen (secondary N) is 1. The molecule has 0 heterocycles. The van der Waals surface area contributed by atoms with Crippen LogP contribution in [0.25, 0.3) is 0 Å². The molecule has 1 amide bonds. The molecule has 5 heteroatoms. The minimum atomic E-state index is -0.537. The number of nitrogens with two attached hydrogens (primary N) is 1. The Bertz CT molecular complexity index is 498. The third kappa shape index (κ3) is 4.63. The zero-order valence-corrected chi connectivity index (χ0v) is 12.9. The third-order valence-electron chi connectivity index (χ3n) is 3.41. The molecule has 1 saturated carbocycles. The lowest BCUT2D eigenvalue weighted by Crippen LogP contribution is -2.37. The van der Waals surface area contributed by atoms with Crippen LogP contribution in [0.2, 0.25) is 0 Å². The van der Waals surface area contributed by atoms with Gasteiger partial charge in [0.1, 0.15) is 11.5 Å². The first kappa shape index (κ1) is 15.6. The van der Waals surface area contributed by atoms with E-state index in [0.29, 0.717) is 24.0 Å². The fraction of sp³-hybridized carbons (Fsp3) is 0.562. The van der Waals surface area contributed by atoms with Gasteiger partial charge >= 0.3 is 0 Å². The normalized spacial score (nSPS) is 17.0. The van der Waals surface area contributed by atoms with Gasteiger partial charge in [-0.1, -0.05) is 6.07 Å². The molecule has 2 atom stereocenters. The summed E-state index contributed by atoms with van der Waals surface area (Å²) in [5, 5.41) is 2.94. The third-order valence-corrected chi connectivity index (χ3v) is 3.41. The Morgan fingerprint density at radius 2 is 2.14 bits per heavy atom. The highest BCUT2D eigenvalue weighted by Crippen LogP contribution is 2.27. The molecule has 1 aromatic rings. The van der Waals surface area contributed by atoms with E-state index in [4.69, 9.17) is 15.2 Å². The summed E-state index contributed by atoms with van der Waals surface area (Å²) < 4.78 is 11.1. The second kappa shape index (κ2) is 6.80. The maximum Gasteiger partial charge on any atom is 0.260 e. The summed E-state index contributed by atoms with van der Waals surface area (Å²) in [4.78, 5) is 12.0. The molecule has 3 N–H and O–H groups in total. The maximum atomic E-state index is 12.0. The van der Waals surface area contributed by atoms with Crippen molar-refractivity contribution < 1.29 is 14.3 Å². The Kier molecular flexibility index (Phi) is 5.07. The molecule has 1 fully saturated rings. The predicted octanol–water partition coefficient (Wildman–Crippen LogP) is 1.63. The number of amides is 1. The minimum absolute atomic E-state index is 0.0244. The number of carbonyl (C=O) groups excluding carboxylic acids is 1. The Morgan fingerprint density at radius 1 is 1.43 bits per heavy atom. The molecule has 2 rings (SSSR count). The average Bonchev–Trinajstić information content (AvgIpc) is 3.24. The molecule has 0 radical (unpaired) electrons. The van der Waals surface area contributed by atoms with Gasteiger partial charge in [-0.2, -0.15) is 0 Å². The van der Waals surface area contributed by atoms with Crippen LogP contribution in [0.4, 0.5) is 0 Å². The number of rotatable bonds is 7. The van der Waals surface area contributed by atoms with E-state index >= 15 is 0 Å². The number of benzene rings is 1. The molecular weight excluding hydrogens is 268 g/mol. The second-order valence-corrected chi connectivity index (χ2v) is 5.70. The van der Waals surface area contributed by atoms with E-state index in [2.05, 4.69) is 5.32 Å². The van der Waals surface area contributed by atoms with E-state index < -0.39 is 6.10 Å². The SMILES string of the molecule is COc1ccc(CC(C)N)c(OC(C)C(=O)NC2CC2)c1. The van der Waals surface area contributed by atoms with E-state index in [1.807, 2.05) is 19.1 Å². The Labute approximate surface area is 125 Å². The zero-order chi connectivity index (χ0) is 15.4. The van der Waals surface area contributed by atoms with E-state index in [1.165, 1.54) is 0 Å². The van der Waals surface area contributed by atoms with Crippen molar-refractivity contribution in [1.82, 2.24) is 5.32 Å². The van der Waals surface area contributed by atoms with Gasteiger partial charge in [-0.05, 0) is 44.7 Å². The van der Waals surface area contributed by atoms with Crippen LogP contribution in [0, 0.1) is 0 Å². The molecule has 1 aliphatic carbocycles. The highest BCUT2D eigenvalue weighted by Gasteiger charge is 2.26. The quantitative estimate of drug-likeness (QED) is 0.801. The van der Waals surface area contributed by atoms with Gasteiger partial charge in [-0.25, -0.2) is 0 Å². The van der Waals surface area contributed by atoms with E-state index in [-0.39, 0.29) is 11.9 Å². The summed E-state index contributed by atoms with van der Waals surface area (Å²) >= 11 is 0. The van der Waals surface area contributed by atoms with Crippen molar-refractivity contribution in [2.75, 3.05) is 7.11 Å². The number of methoxy groups -OCH3 is 1. The van der Waals surface area contributed by atoms with Crippen LogP contribution in [-0.4, -0.2) is 31.2 Å². The topological polar surface area (TPSA) is 73.6 Å². The lowest BCUT2D eigenvalue weighted by Gasteiger charge is -2.18. The summed E-state index contributed by atoms with van der Waals surface area (Å²) in [6.07, 6.45) is 2.28. The summed E-state index contributed by atoms with van der Waals surface area (Å²) in [5.41, 5.74) is 6.85. The molecule has 1 aromatic carbocycles. The summed E-state index contributed by atoms with van der Waals surface area (Å²) in [7, 11) is 1.60. The van der Waals surface area contributed by atoms with Crippen molar-refractivity contribution in [2.24, 2.45) is 5.73 Å². The summed E-state index contributed by atoms with van der Waals surface area (Å²) in [6, 6.07) is 5.97. The second-order valence-electron chi connectivity index (χ2n) is 5.70. The van der Waals surface area contributed by atoms with Gasteiger partial charge in [0.2, 0.25) is 0 Å². The van der Waals surface area contributed by atoms with Gasteiger partial charge in [-0.3, -0.25) is 4.79 Å². The van der Waals surface area contributed by atoms with Crippen LogP contribution in [0.1, 0.15) is 32.3 Å². The standard InChI is InChI=1S/C16H24N2O3/c1-10(17)8-12-4-7-14(20-3)9-15(12)21-11(2)16(19)18-13-5-6-13/h4,7,9-11,13H,5-6,8,17H2,1-3H3,(H,18,19). The van der Waals surface area contributed by atoms with Crippen LogP contribution >= 0.6 is 0 Å². The van der Waals surface area contributed by atoms with Crippen LogP contribution in [0.15, 0.2) is 18.2 Å². The molecule has 5 nitrogen and oxygen atoms in total. The number of ether oxygens (including phenoxy) is 2. The number of hydrogen-bond donors (Lipinski definition) is 2. The van der Waals surface area contributed by atoms with E-state index in [1.54, 1.807) is 20.1 Å². The lowest BCUT2D eigenvalue weighted by atomic mass is 10.1. The highest BCUT2D eigenvalue weighted by atomic mass is 16.5. The van der Waals surface area contributed by atoms with Gasteiger partial charge in [-0.15, -0.1) is 0 Å². The smallest absolute Gasteiger partial charge is 0.260 e. The molecule has 0 spiro atoms. The molecule has 0 aliphatic heterocycles. The predicted molar refractivity (Wildman–Crippen MR) is 81.6 cm³/mol. The van der Waals surface area contributed by atoms with Crippen molar-refractivity contribution in [2.45, 2.75) is 51.3 Å². The van der Waals surface area contributed by atoms with Gasteiger partial charge in [0, 0.05) is 18.2 Å². The summed E-state index contributed by atoms with van der Waals surface area (Å²) in [5.74, 6) is 1.28. The molecule has 0 aromatic heterocycles. The molecule has 0 saturated heterocycles. The Hall–Kier alpha value is -1.75. The molecule has 0 bridgehead atoms. The summed E-state index contributed by atoms with van der Waals surface area (Å²) in [6.45, 7) is 3.70. The van der Waals surface area contributed by atoms with Crippen molar-refractivity contribution >= 4 is 5.91 Å². The Balaban J connectivity index is 2.09. The van der Waals surface area contributed by atoms with Gasteiger partial charge in [0.25, 0.3) is 5.91 Å². The fourth-order valence-electron chi connectivity index (χ4n) is 2.08. The van der Waals surface area contributed by atoms with Gasteiger partial charge in [0.15, 0.2) is 6.10 Å². The monoisotopic (exact) mass is 292 g/mol. The van der Waals surface area contributed by atoms with Crippen molar-refractivity contribution in [3.8, 4) is 11.5 Å². The van der Waals surface area contributed by atoms with Crippen molar-refractivity contribution in [1.29, 1.82) is 0 Å². The largest absolute Gasteiger partial charge is 0.497 e. The van der Waals surface area contributed by atoms with E-state index in [9.17, 15) is 4.79 Å². The molecule has 21 heavy (non-hydrogen) atoms. The highest BCUT2D eigenvalue weighted by molar-refractivity contribution is 5.81. The first-order chi connectivity index (χ1) is 9.99.